The lowest BCUT2D eigenvalue weighted by Gasteiger charge is -2.16. The number of nitrogens with two attached hydrogens (primary N) is 1. The molecule has 0 saturated heterocycles. The quantitative estimate of drug-likeness (QED) is 0.454. The molecule has 5 heteroatoms. The average Bonchev–Trinajstić information content (AvgIpc) is 1.86. The van der Waals surface area contributed by atoms with Gasteiger partial charge in [0.2, 0.25) is 0 Å². The van der Waals surface area contributed by atoms with Crippen LogP contribution >= 0.6 is 0 Å². The molecule has 3 N–H and O–H groups in total. The summed E-state index contributed by atoms with van der Waals surface area (Å²) in [6.07, 6.45) is 0. The van der Waals surface area contributed by atoms with Crippen LogP contribution in [0.15, 0.2) is 18.2 Å². The van der Waals surface area contributed by atoms with E-state index in [0.717, 1.165) is 0 Å². The van der Waals surface area contributed by atoms with Crippen molar-refractivity contribution in [1.82, 2.24) is 4.98 Å². The minimum absolute atomic E-state index is 0.435. The normalized spacial score (nSPS) is 11.4. The standard InChI is InChI=1S/C6H10B2N2O/c7-6(8,11)4-2-1-3-5(9)10-4/h1-3,11H,7-8H2,(H2,9,10). The van der Waals surface area contributed by atoms with E-state index < -0.39 is 5.40 Å². The van der Waals surface area contributed by atoms with Gasteiger partial charge in [-0.2, -0.15) is 0 Å². The van der Waals surface area contributed by atoms with Crippen molar-refractivity contribution in [3.05, 3.63) is 23.9 Å². The Morgan fingerprint density at radius 1 is 1.45 bits per heavy atom. The Hall–Kier alpha value is -0.960. The van der Waals surface area contributed by atoms with Gasteiger partial charge in [0.25, 0.3) is 0 Å². The summed E-state index contributed by atoms with van der Waals surface area (Å²) in [6.45, 7) is 0. The zero-order valence-corrected chi connectivity index (χ0v) is 6.70. The maximum atomic E-state index is 9.50. The molecule has 3 nitrogen and oxygen atoms in total. The van der Waals surface area contributed by atoms with Gasteiger partial charge in [-0.15, -0.1) is 0 Å². The van der Waals surface area contributed by atoms with Gasteiger partial charge in [-0.25, -0.2) is 4.98 Å². The monoisotopic (exact) mass is 148 g/mol. The summed E-state index contributed by atoms with van der Waals surface area (Å²) in [5, 5.41) is 8.59. The average molecular weight is 148 g/mol. The summed E-state index contributed by atoms with van der Waals surface area (Å²) >= 11 is 0. The summed E-state index contributed by atoms with van der Waals surface area (Å²) < 4.78 is 0. The van der Waals surface area contributed by atoms with Gasteiger partial charge in [-0.1, -0.05) is 6.07 Å². The van der Waals surface area contributed by atoms with Crippen molar-refractivity contribution < 1.29 is 5.11 Å². The topological polar surface area (TPSA) is 59.1 Å². The number of hydrogen-bond donors (Lipinski definition) is 2. The lowest BCUT2D eigenvalue weighted by atomic mass is 9.63. The second kappa shape index (κ2) is 2.58. The lowest BCUT2D eigenvalue weighted by Crippen LogP contribution is -2.27. The number of aromatic nitrogens is 1. The lowest BCUT2D eigenvalue weighted by molar-refractivity contribution is 0.212. The van der Waals surface area contributed by atoms with Crippen LogP contribution in [0, 0.1) is 0 Å². The highest BCUT2D eigenvalue weighted by atomic mass is 16.3. The fourth-order valence-corrected chi connectivity index (χ4v) is 0.792. The van der Waals surface area contributed by atoms with Gasteiger partial charge >= 0.3 is 0 Å². The van der Waals surface area contributed by atoms with Crippen LogP contribution in [0.5, 0.6) is 0 Å². The van der Waals surface area contributed by atoms with Crippen LogP contribution in [0.4, 0.5) is 5.82 Å². The molecule has 1 aromatic heterocycles. The summed E-state index contributed by atoms with van der Waals surface area (Å²) in [5.41, 5.74) is 6.03. The first-order chi connectivity index (χ1) is 5.00. The van der Waals surface area contributed by atoms with Crippen LogP contribution in [0.1, 0.15) is 5.69 Å². The van der Waals surface area contributed by atoms with Gasteiger partial charge in [0, 0.05) is 5.40 Å². The number of pyridine rings is 1. The van der Waals surface area contributed by atoms with E-state index in [2.05, 4.69) is 4.98 Å². The highest BCUT2D eigenvalue weighted by Gasteiger charge is 2.16. The van der Waals surface area contributed by atoms with Crippen molar-refractivity contribution >= 4 is 21.5 Å². The first-order valence-corrected chi connectivity index (χ1v) is 3.45. The highest BCUT2D eigenvalue weighted by molar-refractivity contribution is 6.38. The van der Waals surface area contributed by atoms with Crippen LogP contribution < -0.4 is 5.73 Å². The van der Waals surface area contributed by atoms with Crippen LogP contribution in [0.3, 0.4) is 0 Å². The third kappa shape index (κ3) is 1.98. The third-order valence-electron chi connectivity index (χ3n) is 1.40. The van der Waals surface area contributed by atoms with Gasteiger partial charge < -0.3 is 10.8 Å². The molecule has 0 unspecified atom stereocenters. The summed E-state index contributed by atoms with van der Waals surface area (Å²) in [5.74, 6) is 0.435. The van der Waals surface area contributed by atoms with Crippen LogP contribution in [0.2, 0.25) is 0 Å². The van der Waals surface area contributed by atoms with Gasteiger partial charge in [0.05, 0.1) is 5.69 Å². The van der Waals surface area contributed by atoms with E-state index in [1.807, 2.05) is 0 Å². The molecular formula is C6H10B2N2O. The molecule has 0 amide bonds. The zero-order chi connectivity index (χ0) is 8.48. The molecule has 0 fully saturated rings. The van der Waals surface area contributed by atoms with Gasteiger partial charge in [0.1, 0.15) is 21.5 Å². The Morgan fingerprint density at radius 2 is 2.09 bits per heavy atom. The second-order valence-corrected chi connectivity index (χ2v) is 3.01. The van der Waals surface area contributed by atoms with E-state index >= 15 is 0 Å². The number of anilines is 1. The molecule has 0 radical (unpaired) electrons. The largest absolute Gasteiger partial charge is 0.402 e. The number of hydrogen-bond acceptors (Lipinski definition) is 3. The molecular weight excluding hydrogens is 138 g/mol. The molecule has 0 spiro atoms. The number of aliphatic hydroxyl groups is 1. The predicted octanol–water partition coefficient (Wildman–Crippen LogP) is -1.97. The molecule has 56 valence electrons. The number of nitrogens with zero attached hydrogens (tertiary/aromatic N) is 1. The van der Waals surface area contributed by atoms with Crippen LogP contribution in [-0.4, -0.2) is 25.8 Å². The minimum Gasteiger partial charge on any atom is -0.402 e. The van der Waals surface area contributed by atoms with Crippen LogP contribution in [0.25, 0.3) is 0 Å². The Bertz CT molecular complexity index is 259. The Morgan fingerprint density at radius 3 is 2.45 bits per heavy atom. The first kappa shape index (κ1) is 8.14. The van der Waals surface area contributed by atoms with Crippen molar-refractivity contribution in [3.8, 4) is 0 Å². The molecule has 0 bridgehead atoms. The van der Waals surface area contributed by atoms with E-state index in [1.165, 1.54) is 0 Å². The molecule has 0 atom stereocenters. The van der Waals surface area contributed by atoms with E-state index in [0.29, 0.717) is 11.5 Å². The molecule has 0 aliphatic rings. The van der Waals surface area contributed by atoms with Gasteiger partial charge in [0.15, 0.2) is 0 Å². The molecule has 1 rings (SSSR count). The molecule has 0 saturated carbocycles. The summed E-state index contributed by atoms with van der Waals surface area (Å²) in [6, 6.07) is 5.21. The molecule has 1 heterocycles. The first-order valence-electron chi connectivity index (χ1n) is 3.45. The number of nitrogen functional groups attached to an aromatic ring is 1. The zero-order valence-electron chi connectivity index (χ0n) is 6.70. The smallest absolute Gasteiger partial charge is 0.139 e. The minimum atomic E-state index is -0.907. The molecule has 11 heavy (non-hydrogen) atoms. The highest BCUT2D eigenvalue weighted by Crippen LogP contribution is 2.11. The molecule has 0 aromatic carbocycles. The molecule has 0 aliphatic heterocycles. The van der Waals surface area contributed by atoms with Crippen molar-refractivity contribution in [2.45, 2.75) is 5.40 Å². The Kier molecular flexibility index (Phi) is 1.91. The molecule has 1 aromatic rings. The van der Waals surface area contributed by atoms with E-state index in [4.69, 9.17) is 5.73 Å². The Balaban J connectivity index is 3.06. The fraction of sp³-hybridized carbons (Fsp3) is 0.167. The van der Waals surface area contributed by atoms with Crippen LogP contribution in [-0.2, 0) is 5.40 Å². The number of rotatable bonds is 1. The third-order valence-corrected chi connectivity index (χ3v) is 1.40. The van der Waals surface area contributed by atoms with E-state index in [1.54, 1.807) is 33.9 Å². The van der Waals surface area contributed by atoms with Gasteiger partial charge in [-0.3, -0.25) is 0 Å². The van der Waals surface area contributed by atoms with E-state index in [-0.39, 0.29) is 0 Å². The SMILES string of the molecule is BC(B)(O)c1cccc(N)n1. The summed E-state index contributed by atoms with van der Waals surface area (Å²) in [7, 11) is 3.35. The van der Waals surface area contributed by atoms with Crippen molar-refractivity contribution in [2.75, 3.05) is 5.73 Å². The van der Waals surface area contributed by atoms with E-state index in [9.17, 15) is 5.11 Å². The predicted molar refractivity (Wildman–Crippen MR) is 49.6 cm³/mol. The maximum absolute atomic E-state index is 9.50. The van der Waals surface area contributed by atoms with Crippen molar-refractivity contribution in [2.24, 2.45) is 0 Å². The van der Waals surface area contributed by atoms with Crippen molar-refractivity contribution in [3.63, 3.8) is 0 Å². The fourth-order valence-electron chi connectivity index (χ4n) is 0.792. The maximum Gasteiger partial charge on any atom is 0.139 e. The van der Waals surface area contributed by atoms with Gasteiger partial charge in [-0.05, 0) is 12.1 Å². The Labute approximate surface area is 67.5 Å². The molecule has 0 aliphatic carbocycles. The van der Waals surface area contributed by atoms with Crippen molar-refractivity contribution in [1.29, 1.82) is 0 Å². The summed E-state index contributed by atoms with van der Waals surface area (Å²) in [4.78, 5) is 3.97. The second-order valence-electron chi connectivity index (χ2n) is 3.01.